The van der Waals surface area contributed by atoms with Crippen molar-refractivity contribution in [3.63, 3.8) is 0 Å². The quantitative estimate of drug-likeness (QED) is 0.916. The molecule has 0 spiro atoms. The number of aryl methyl sites for hydroxylation is 1. The molecule has 5 nitrogen and oxygen atoms in total. The lowest BCUT2D eigenvalue weighted by atomic mass is 10.0. The molecule has 1 aromatic heterocycles. The molecule has 1 aromatic carbocycles. The summed E-state index contributed by atoms with van der Waals surface area (Å²) in [5.41, 5.74) is 8.11. The van der Waals surface area contributed by atoms with Gasteiger partial charge in [0.2, 0.25) is 5.89 Å². The van der Waals surface area contributed by atoms with Gasteiger partial charge < -0.3 is 19.6 Å². The molecule has 0 saturated heterocycles. The second-order valence-electron chi connectivity index (χ2n) is 4.19. The molecule has 19 heavy (non-hydrogen) atoms. The predicted molar refractivity (Wildman–Crippen MR) is 72.4 cm³/mol. The van der Waals surface area contributed by atoms with Crippen molar-refractivity contribution < 1.29 is 13.9 Å². The molecule has 2 aromatic rings. The Kier molecular flexibility index (Phi) is 3.76. The number of ether oxygens (including phenoxy) is 2. The fourth-order valence-electron chi connectivity index (χ4n) is 2.13. The highest BCUT2D eigenvalue weighted by atomic mass is 16.5. The number of aromatic nitrogens is 1. The first-order valence-electron chi connectivity index (χ1n) is 6.00. The second-order valence-corrected chi connectivity index (χ2v) is 4.19. The molecule has 1 heterocycles. The van der Waals surface area contributed by atoms with E-state index in [1.165, 1.54) is 0 Å². The molecule has 0 aliphatic heterocycles. The number of rotatable bonds is 4. The van der Waals surface area contributed by atoms with Gasteiger partial charge in [0, 0.05) is 11.1 Å². The van der Waals surface area contributed by atoms with Crippen LogP contribution in [0.15, 0.2) is 16.5 Å². The molecule has 0 aliphatic rings. The van der Waals surface area contributed by atoms with E-state index in [0.29, 0.717) is 5.89 Å². The average molecular weight is 262 g/mol. The van der Waals surface area contributed by atoms with E-state index in [1.807, 2.05) is 26.0 Å². The van der Waals surface area contributed by atoms with Crippen molar-refractivity contribution in [2.75, 3.05) is 14.2 Å². The molecule has 2 N–H and O–H groups in total. The zero-order chi connectivity index (χ0) is 14.0. The van der Waals surface area contributed by atoms with Crippen molar-refractivity contribution in [3.05, 3.63) is 29.3 Å². The van der Waals surface area contributed by atoms with Gasteiger partial charge in [0.1, 0.15) is 23.0 Å². The third-order valence-corrected chi connectivity index (χ3v) is 3.05. The minimum absolute atomic E-state index is 0.276. The summed E-state index contributed by atoms with van der Waals surface area (Å²) in [7, 11) is 3.26. The van der Waals surface area contributed by atoms with Crippen LogP contribution in [0.4, 0.5) is 0 Å². The summed E-state index contributed by atoms with van der Waals surface area (Å²) < 4.78 is 16.3. The molecule has 0 bridgehead atoms. The maximum Gasteiger partial charge on any atom is 0.208 e. The van der Waals surface area contributed by atoms with E-state index < -0.39 is 0 Å². The van der Waals surface area contributed by atoms with Gasteiger partial charge in [-0.3, -0.25) is 0 Å². The number of nitrogens with zero attached hydrogens (tertiary/aromatic N) is 1. The summed E-state index contributed by atoms with van der Waals surface area (Å²) in [6.45, 7) is 4.08. The molecule has 0 amide bonds. The van der Waals surface area contributed by atoms with Gasteiger partial charge in [-0.1, -0.05) is 0 Å². The van der Waals surface area contributed by atoms with Crippen LogP contribution in [0.2, 0.25) is 0 Å². The maximum atomic E-state index is 5.55. The summed E-state index contributed by atoms with van der Waals surface area (Å²) in [6.07, 6.45) is 0. The summed E-state index contributed by atoms with van der Waals surface area (Å²) in [6, 6.07) is 3.80. The molecule has 0 unspecified atom stereocenters. The Balaban J connectivity index is 2.61. The molecule has 0 aliphatic carbocycles. The van der Waals surface area contributed by atoms with Crippen LogP contribution >= 0.6 is 0 Å². The molecular weight excluding hydrogens is 244 g/mol. The minimum Gasteiger partial charge on any atom is -0.496 e. The topological polar surface area (TPSA) is 70.5 Å². The largest absolute Gasteiger partial charge is 0.496 e. The molecule has 102 valence electrons. The highest BCUT2D eigenvalue weighted by molar-refractivity contribution is 5.72. The van der Waals surface area contributed by atoms with Crippen LogP contribution < -0.4 is 15.2 Å². The van der Waals surface area contributed by atoms with E-state index in [1.54, 1.807) is 14.2 Å². The lowest BCUT2D eigenvalue weighted by molar-refractivity contribution is 0.389. The van der Waals surface area contributed by atoms with Crippen LogP contribution in [-0.4, -0.2) is 19.2 Å². The van der Waals surface area contributed by atoms with Gasteiger partial charge in [-0.2, -0.15) is 0 Å². The zero-order valence-corrected chi connectivity index (χ0v) is 11.6. The standard InChI is InChI=1S/C14H18N2O3/c1-8-11(17-3)6-5-10(14(8)18-4)13-9(2)19-12(7-15)16-13/h5-6H,7,15H2,1-4H3. The fourth-order valence-corrected chi connectivity index (χ4v) is 2.13. The van der Waals surface area contributed by atoms with Gasteiger partial charge in [-0.05, 0) is 26.0 Å². The molecule has 2 rings (SSSR count). The van der Waals surface area contributed by atoms with Gasteiger partial charge in [-0.25, -0.2) is 4.98 Å². The van der Waals surface area contributed by atoms with Crippen LogP contribution in [0.25, 0.3) is 11.3 Å². The van der Waals surface area contributed by atoms with Crippen LogP contribution in [-0.2, 0) is 6.54 Å². The SMILES string of the molecule is COc1ccc(-c2nc(CN)oc2C)c(OC)c1C. The van der Waals surface area contributed by atoms with Crippen molar-refractivity contribution in [2.45, 2.75) is 20.4 Å². The molecular formula is C14H18N2O3. The first-order valence-corrected chi connectivity index (χ1v) is 6.00. The lowest BCUT2D eigenvalue weighted by Crippen LogP contribution is -1.97. The number of nitrogens with two attached hydrogens (primary N) is 1. The Labute approximate surface area is 112 Å². The van der Waals surface area contributed by atoms with Crippen LogP contribution in [0.1, 0.15) is 17.2 Å². The zero-order valence-electron chi connectivity index (χ0n) is 11.6. The molecule has 0 saturated carbocycles. The van der Waals surface area contributed by atoms with Gasteiger partial charge in [-0.15, -0.1) is 0 Å². The van der Waals surface area contributed by atoms with E-state index >= 15 is 0 Å². The maximum absolute atomic E-state index is 5.55. The predicted octanol–water partition coefficient (Wildman–Crippen LogP) is 2.43. The van der Waals surface area contributed by atoms with E-state index in [0.717, 1.165) is 34.1 Å². The second kappa shape index (κ2) is 5.32. The van der Waals surface area contributed by atoms with Gasteiger partial charge >= 0.3 is 0 Å². The van der Waals surface area contributed by atoms with Crippen molar-refractivity contribution >= 4 is 0 Å². The number of methoxy groups -OCH3 is 2. The Morgan fingerprint density at radius 1 is 1.21 bits per heavy atom. The number of oxazole rings is 1. The Bertz CT molecular complexity index is 591. The Morgan fingerprint density at radius 2 is 1.95 bits per heavy atom. The van der Waals surface area contributed by atoms with Crippen molar-refractivity contribution in [2.24, 2.45) is 5.73 Å². The minimum atomic E-state index is 0.276. The molecule has 0 radical (unpaired) electrons. The van der Waals surface area contributed by atoms with E-state index in [-0.39, 0.29) is 6.54 Å². The van der Waals surface area contributed by atoms with E-state index in [9.17, 15) is 0 Å². The Morgan fingerprint density at radius 3 is 2.47 bits per heavy atom. The third-order valence-electron chi connectivity index (χ3n) is 3.05. The normalized spacial score (nSPS) is 10.6. The monoisotopic (exact) mass is 262 g/mol. The summed E-state index contributed by atoms with van der Waals surface area (Å²) in [5, 5.41) is 0. The van der Waals surface area contributed by atoms with Gasteiger partial charge in [0.25, 0.3) is 0 Å². The van der Waals surface area contributed by atoms with Crippen LogP contribution in [0.3, 0.4) is 0 Å². The first-order chi connectivity index (χ1) is 9.12. The number of hydrogen-bond donors (Lipinski definition) is 1. The van der Waals surface area contributed by atoms with Gasteiger partial charge in [0.15, 0.2) is 0 Å². The number of hydrogen-bond acceptors (Lipinski definition) is 5. The molecule has 0 fully saturated rings. The van der Waals surface area contributed by atoms with Gasteiger partial charge in [0.05, 0.1) is 20.8 Å². The van der Waals surface area contributed by atoms with E-state index in [4.69, 9.17) is 19.6 Å². The summed E-state index contributed by atoms with van der Waals surface area (Å²) in [4.78, 5) is 4.39. The van der Waals surface area contributed by atoms with Crippen molar-refractivity contribution in [1.82, 2.24) is 4.98 Å². The molecule has 5 heteroatoms. The Hall–Kier alpha value is -2.01. The summed E-state index contributed by atoms with van der Waals surface area (Å²) >= 11 is 0. The smallest absolute Gasteiger partial charge is 0.208 e. The van der Waals surface area contributed by atoms with Crippen LogP contribution in [0, 0.1) is 13.8 Å². The first kappa shape index (κ1) is 13.4. The summed E-state index contributed by atoms with van der Waals surface area (Å²) in [5.74, 6) is 2.76. The highest BCUT2D eigenvalue weighted by Crippen LogP contribution is 2.38. The number of benzene rings is 1. The highest BCUT2D eigenvalue weighted by Gasteiger charge is 2.18. The van der Waals surface area contributed by atoms with Crippen molar-refractivity contribution in [3.8, 4) is 22.8 Å². The average Bonchev–Trinajstić information content (AvgIpc) is 2.79. The molecule has 0 atom stereocenters. The third kappa shape index (κ3) is 2.29. The fraction of sp³-hybridized carbons (Fsp3) is 0.357. The van der Waals surface area contributed by atoms with Crippen LogP contribution in [0.5, 0.6) is 11.5 Å². The van der Waals surface area contributed by atoms with Crippen molar-refractivity contribution in [1.29, 1.82) is 0 Å². The lowest BCUT2D eigenvalue weighted by Gasteiger charge is -2.13. The van der Waals surface area contributed by atoms with E-state index in [2.05, 4.69) is 4.98 Å².